The summed E-state index contributed by atoms with van der Waals surface area (Å²) in [7, 11) is 3.78. The molecular weight excluding hydrogens is 640 g/mol. The molecule has 3 aromatic rings. The largest absolute Gasteiger partial charge is 0.465 e. The van der Waals surface area contributed by atoms with Crippen LogP contribution in [0.25, 0.3) is 0 Å². The molecule has 0 saturated carbocycles. The van der Waals surface area contributed by atoms with E-state index in [-0.39, 0.29) is 62.1 Å². The van der Waals surface area contributed by atoms with Crippen molar-refractivity contribution in [3.63, 3.8) is 0 Å². The highest BCUT2D eigenvalue weighted by Crippen LogP contribution is 2.25. The number of carbonyl (C=O) groups excluding carboxylic acids is 4. The topological polar surface area (TPSA) is 141 Å². The Bertz CT molecular complexity index is 1390. The number of ether oxygens (including phenoxy) is 4. The van der Waals surface area contributed by atoms with Gasteiger partial charge < -0.3 is 28.1 Å². The van der Waals surface area contributed by atoms with E-state index in [2.05, 4.69) is 9.97 Å². The fourth-order valence-corrected chi connectivity index (χ4v) is 5.93. The first kappa shape index (κ1) is 40.0. The van der Waals surface area contributed by atoms with E-state index in [0.29, 0.717) is 51.4 Å². The number of aryl methyl sites for hydroxylation is 2. The van der Waals surface area contributed by atoms with Crippen molar-refractivity contribution in [1.29, 1.82) is 0 Å². The van der Waals surface area contributed by atoms with Crippen LogP contribution < -0.4 is 0 Å². The van der Waals surface area contributed by atoms with Crippen LogP contribution in [0.15, 0.2) is 49.3 Å². The summed E-state index contributed by atoms with van der Waals surface area (Å²) in [5.41, 5.74) is 3.46. The van der Waals surface area contributed by atoms with Gasteiger partial charge in [-0.1, -0.05) is 52.0 Å². The number of benzene rings is 1. The zero-order valence-electron chi connectivity index (χ0n) is 30.5. The van der Waals surface area contributed by atoms with Crippen molar-refractivity contribution in [3.05, 3.63) is 71.8 Å². The molecule has 0 fully saturated rings. The van der Waals surface area contributed by atoms with E-state index in [1.165, 1.54) is 0 Å². The van der Waals surface area contributed by atoms with Gasteiger partial charge in [-0.15, -0.1) is 0 Å². The van der Waals surface area contributed by atoms with Crippen molar-refractivity contribution >= 4 is 23.9 Å². The first-order chi connectivity index (χ1) is 24.1. The predicted molar refractivity (Wildman–Crippen MR) is 186 cm³/mol. The molecule has 0 aliphatic heterocycles. The number of rotatable bonds is 22. The molecule has 12 nitrogen and oxygen atoms in total. The molecule has 0 bridgehead atoms. The second-order valence-corrected chi connectivity index (χ2v) is 12.8. The summed E-state index contributed by atoms with van der Waals surface area (Å²) in [5.74, 6) is -2.73. The molecular formula is C38H54N4O8. The number of carbonyl (C=O) groups is 4. The van der Waals surface area contributed by atoms with Crippen LogP contribution in [0.5, 0.6) is 0 Å². The van der Waals surface area contributed by atoms with Gasteiger partial charge in [-0.05, 0) is 49.7 Å². The molecule has 0 amide bonds. The molecule has 0 radical (unpaired) electrons. The smallest absolute Gasteiger partial charge is 0.309 e. The van der Waals surface area contributed by atoms with Gasteiger partial charge in [-0.25, -0.2) is 9.97 Å². The maximum atomic E-state index is 13.3. The van der Waals surface area contributed by atoms with Gasteiger partial charge in [0.1, 0.15) is 13.2 Å². The van der Waals surface area contributed by atoms with Crippen molar-refractivity contribution in [2.24, 2.45) is 37.8 Å². The molecule has 12 heteroatoms. The van der Waals surface area contributed by atoms with E-state index in [0.717, 1.165) is 22.5 Å². The second kappa shape index (κ2) is 20.9. The molecule has 274 valence electrons. The standard InChI is InChI=1S/C38H54N4O8/c1-7-11-35(43)47-23-29(17-31-19-39-25-41(31)5)33(9-3)37(45)49-21-27-13-15-28(16-14-27)22-50-38(46)34(10-4)30(24-48-36(44)12-8-2)18-32-20-40-26-42(32)6/h13-16,19-20,25-26,29-30,33-34H,7-12,17-18,21-24H2,1-6H3/t29-,30+,33-,34-/m0/s1. The Labute approximate surface area is 295 Å². The number of nitrogens with zero attached hydrogens (tertiary/aromatic N) is 4. The van der Waals surface area contributed by atoms with Crippen molar-refractivity contribution in [2.75, 3.05) is 13.2 Å². The number of hydrogen-bond donors (Lipinski definition) is 0. The fraction of sp³-hybridized carbons (Fsp3) is 0.579. The number of aromatic nitrogens is 4. The molecule has 3 rings (SSSR count). The van der Waals surface area contributed by atoms with E-state index in [4.69, 9.17) is 18.9 Å². The van der Waals surface area contributed by atoms with Crippen LogP contribution in [-0.4, -0.2) is 56.2 Å². The van der Waals surface area contributed by atoms with Crippen molar-refractivity contribution in [1.82, 2.24) is 19.1 Å². The van der Waals surface area contributed by atoms with Crippen LogP contribution in [0, 0.1) is 23.7 Å². The average Bonchev–Trinajstić information content (AvgIpc) is 3.71. The summed E-state index contributed by atoms with van der Waals surface area (Å²) in [4.78, 5) is 59.3. The highest BCUT2D eigenvalue weighted by Gasteiger charge is 2.32. The van der Waals surface area contributed by atoms with Gasteiger partial charge in [0.05, 0.1) is 37.7 Å². The molecule has 1 aromatic carbocycles. The van der Waals surface area contributed by atoms with Gasteiger partial charge in [-0.2, -0.15) is 0 Å². The fourth-order valence-electron chi connectivity index (χ4n) is 5.93. The Hall–Kier alpha value is -4.48. The molecule has 0 unspecified atom stereocenters. The molecule has 4 atom stereocenters. The third-order valence-electron chi connectivity index (χ3n) is 9.01. The minimum Gasteiger partial charge on any atom is -0.465 e. The molecule has 2 aromatic heterocycles. The number of esters is 4. The van der Waals surface area contributed by atoms with Crippen LogP contribution >= 0.6 is 0 Å². The maximum absolute atomic E-state index is 13.3. The molecule has 0 saturated heterocycles. The highest BCUT2D eigenvalue weighted by atomic mass is 16.5. The monoisotopic (exact) mass is 694 g/mol. The Balaban J connectivity index is 1.58. The Kier molecular flexibility index (Phi) is 16.7. The maximum Gasteiger partial charge on any atom is 0.309 e. The van der Waals surface area contributed by atoms with Crippen LogP contribution in [0.2, 0.25) is 0 Å². The van der Waals surface area contributed by atoms with E-state index < -0.39 is 11.8 Å². The van der Waals surface area contributed by atoms with Crippen molar-refractivity contribution in [2.45, 2.75) is 92.3 Å². The minimum atomic E-state index is -0.471. The molecule has 0 aliphatic carbocycles. The summed E-state index contributed by atoms with van der Waals surface area (Å²) in [6.45, 7) is 8.09. The molecule has 0 aliphatic rings. The molecule has 0 spiro atoms. The Morgan fingerprint density at radius 2 is 1.00 bits per heavy atom. The SMILES string of the molecule is CCCC(=O)OC[C@H](Cc1cncn1C)[C@H](CC)C(=O)OCc1ccc(COC(=O)[C@@H](CC)[C@@H](COC(=O)CCC)Cc2cncn2C)cc1. The average molecular weight is 695 g/mol. The highest BCUT2D eigenvalue weighted by molar-refractivity contribution is 5.74. The van der Waals surface area contributed by atoms with Crippen molar-refractivity contribution in [3.8, 4) is 0 Å². The predicted octanol–water partition coefficient (Wildman–Crippen LogP) is 5.70. The van der Waals surface area contributed by atoms with Gasteiger partial charge in [-0.3, -0.25) is 19.2 Å². The third kappa shape index (κ3) is 12.4. The lowest BCUT2D eigenvalue weighted by Crippen LogP contribution is -2.31. The number of imidazole rings is 2. The van der Waals surface area contributed by atoms with E-state index in [9.17, 15) is 19.2 Å². The Morgan fingerprint density at radius 3 is 1.30 bits per heavy atom. The van der Waals surface area contributed by atoms with Gasteiger partial charge in [0.15, 0.2) is 0 Å². The lowest BCUT2D eigenvalue weighted by molar-refractivity contribution is -0.156. The first-order valence-electron chi connectivity index (χ1n) is 17.7. The zero-order valence-corrected chi connectivity index (χ0v) is 30.5. The molecule has 2 heterocycles. The van der Waals surface area contributed by atoms with Gasteiger partial charge in [0.2, 0.25) is 0 Å². The summed E-state index contributed by atoms with van der Waals surface area (Å²) < 4.78 is 26.4. The van der Waals surface area contributed by atoms with E-state index in [1.807, 2.05) is 75.2 Å². The van der Waals surface area contributed by atoms with E-state index >= 15 is 0 Å². The van der Waals surface area contributed by atoms with Gasteiger partial charge in [0, 0.05) is 62.6 Å². The Morgan fingerprint density at radius 1 is 0.620 bits per heavy atom. The second-order valence-electron chi connectivity index (χ2n) is 12.8. The lowest BCUT2D eigenvalue weighted by Gasteiger charge is -2.25. The van der Waals surface area contributed by atoms with Gasteiger partial charge in [0.25, 0.3) is 0 Å². The summed E-state index contributed by atoms with van der Waals surface area (Å²) in [6, 6.07) is 7.36. The normalized spacial score (nSPS) is 13.6. The van der Waals surface area contributed by atoms with Crippen LogP contribution in [0.3, 0.4) is 0 Å². The lowest BCUT2D eigenvalue weighted by atomic mass is 9.87. The van der Waals surface area contributed by atoms with Crippen molar-refractivity contribution < 1.29 is 38.1 Å². The summed E-state index contributed by atoms with van der Waals surface area (Å²) in [5, 5.41) is 0. The van der Waals surface area contributed by atoms with E-state index in [1.54, 1.807) is 25.0 Å². The first-order valence-corrected chi connectivity index (χ1v) is 17.7. The molecule has 0 N–H and O–H groups in total. The number of hydrogen-bond acceptors (Lipinski definition) is 10. The molecule has 50 heavy (non-hydrogen) atoms. The van der Waals surface area contributed by atoms with Crippen LogP contribution in [0.4, 0.5) is 0 Å². The summed E-state index contributed by atoms with van der Waals surface area (Å²) in [6.07, 6.45) is 11.1. The summed E-state index contributed by atoms with van der Waals surface area (Å²) >= 11 is 0. The zero-order chi connectivity index (χ0) is 36.5. The third-order valence-corrected chi connectivity index (χ3v) is 9.01. The quantitative estimate of drug-likeness (QED) is 0.0951. The van der Waals surface area contributed by atoms with Crippen LogP contribution in [0.1, 0.15) is 88.7 Å². The minimum absolute atomic E-state index is 0.0772. The van der Waals surface area contributed by atoms with Crippen LogP contribution in [-0.2, 0) is 78.3 Å². The van der Waals surface area contributed by atoms with Gasteiger partial charge >= 0.3 is 23.9 Å².